The molecule has 8 heteroatoms. The molecule has 4 rings (SSSR count). The fourth-order valence-electron chi connectivity index (χ4n) is 3.72. The van der Waals surface area contributed by atoms with E-state index < -0.39 is 0 Å². The van der Waals surface area contributed by atoms with Gasteiger partial charge in [0, 0.05) is 43.3 Å². The molecule has 2 aromatic carbocycles. The summed E-state index contributed by atoms with van der Waals surface area (Å²) in [6.45, 7) is 4.77. The van der Waals surface area contributed by atoms with Gasteiger partial charge in [-0.15, -0.1) is 11.8 Å². The summed E-state index contributed by atoms with van der Waals surface area (Å²) in [7, 11) is 0. The van der Waals surface area contributed by atoms with Gasteiger partial charge in [-0.05, 0) is 43.5 Å². The number of benzene rings is 2. The molecule has 2 heterocycles. The van der Waals surface area contributed by atoms with Gasteiger partial charge in [0.1, 0.15) is 0 Å². The first-order chi connectivity index (χ1) is 14.6. The van der Waals surface area contributed by atoms with Crippen molar-refractivity contribution in [3.05, 3.63) is 58.9 Å². The molecule has 7 nitrogen and oxygen atoms in total. The Labute approximate surface area is 179 Å². The minimum Gasteiger partial charge on any atom is -0.348 e. The highest BCUT2D eigenvalue weighted by molar-refractivity contribution is 7.98. The summed E-state index contributed by atoms with van der Waals surface area (Å²) in [4.78, 5) is 35.2. The number of carbonyl (C=O) groups is 1. The number of thioether (sulfide) groups is 1. The van der Waals surface area contributed by atoms with Crippen molar-refractivity contribution in [2.75, 3.05) is 42.7 Å². The Hall–Kier alpha value is -3.00. The van der Waals surface area contributed by atoms with Crippen molar-refractivity contribution in [3.8, 4) is 0 Å². The number of hydrogen-bond acceptors (Lipinski definition) is 5. The third-order valence-corrected chi connectivity index (χ3v) is 6.06. The molecule has 1 aromatic heterocycles. The molecule has 156 valence electrons. The molecule has 1 saturated heterocycles. The van der Waals surface area contributed by atoms with Crippen molar-refractivity contribution in [1.82, 2.24) is 14.5 Å². The van der Waals surface area contributed by atoms with Crippen LogP contribution in [0.3, 0.4) is 0 Å². The molecular weight excluding hydrogens is 398 g/mol. The van der Waals surface area contributed by atoms with E-state index >= 15 is 0 Å². The summed E-state index contributed by atoms with van der Waals surface area (Å²) in [5, 5.41) is 2.97. The number of aryl methyl sites for hydroxylation is 1. The zero-order valence-corrected chi connectivity index (χ0v) is 18.0. The van der Waals surface area contributed by atoms with Crippen LogP contribution < -0.4 is 15.8 Å². The standard InChI is InChI=1S/C22H25N5O2S/c1-3-27-19-10-5-4-9-18(19)24-20(21(27)28)25-11-13-26(14-12-25)22(29)23-16-7-6-8-17(15-16)30-2/h4-10,15H,3,11-14H2,1-2H3,(H,23,29). The Morgan fingerprint density at radius 2 is 1.87 bits per heavy atom. The van der Waals surface area contributed by atoms with Crippen LogP contribution in [0.5, 0.6) is 0 Å². The van der Waals surface area contributed by atoms with Crippen LogP contribution in [0.4, 0.5) is 16.3 Å². The number of anilines is 2. The molecule has 1 aliphatic heterocycles. The minimum atomic E-state index is -0.120. The van der Waals surface area contributed by atoms with E-state index in [2.05, 4.69) is 10.3 Å². The van der Waals surface area contributed by atoms with Crippen molar-refractivity contribution in [3.63, 3.8) is 0 Å². The lowest BCUT2D eigenvalue weighted by Gasteiger charge is -2.35. The number of nitrogens with one attached hydrogen (secondary N) is 1. The van der Waals surface area contributed by atoms with E-state index in [4.69, 9.17) is 0 Å². The van der Waals surface area contributed by atoms with Crippen LogP contribution in [-0.2, 0) is 6.54 Å². The van der Waals surface area contributed by atoms with Gasteiger partial charge in [0.15, 0.2) is 5.82 Å². The van der Waals surface area contributed by atoms with E-state index in [-0.39, 0.29) is 11.6 Å². The van der Waals surface area contributed by atoms with Gasteiger partial charge in [0.25, 0.3) is 5.56 Å². The zero-order valence-electron chi connectivity index (χ0n) is 17.2. The van der Waals surface area contributed by atoms with Crippen molar-refractivity contribution < 1.29 is 4.79 Å². The molecule has 0 spiro atoms. The van der Waals surface area contributed by atoms with Crippen LogP contribution in [0, 0.1) is 0 Å². The molecule has 0 atom stereocenters. The SMILES string of the molecule is CCn1c(=O)c(N2CCN(C(=O)Nc3cccc(SC)c3)CC2)nc2ccccc21. The van der Waals surface area contributed by atoms with Crippen molar-refractivity contribution >= 4 is 40.3 Å². The third kappa shape index (κ3) is 4.00. The summed E-state index contributed by atoms with van der Waals surface area (Å²) in [6.07, 6.45) is 2.01. The predicted molar refractivity (Wildman–Crippen MR) is 123 cm³/mol. The van der Waals surface area contributed by atoms with E-state index in [1.165, 1.54) is 0 Å². The fraction of sp³-hybridized carbons (Fsp3) is 0.318. The van der Waals surface area contributed by atoms with E-state index in [1.54, 1.807) is 21.2 Å². The monoisotopic (exact) mass is 423 g/mol. The molecule has 0 unspecified atom stereocenters. The number of amides is 2. The predicted octanol–water partition coefficient (Wildman–Crippen LogP) is 3.49. The van der Waals surface area contributed by atoms with E-state index in [0.717, 1.165) is 21.6 Å². The molecule has 2 amide bonds. The van der Waals surface area contributed by atoms with E-state index in [0.29, 0.717) is 38.5 Å². The number of fused-ring (bicyclic) bond motifs is 1. The fourth-order valence-corrected chi connectivity index (χ4v) is 4.18. The van der Waals surface area contributed by atoms with E-state index in [1.807, 2.05) is 66.6 Å². The smallest absolute Gasteiger partial charge is 0.321 e. The second-order valence-electron chi connectivity index (χ2n) is 7.11. The quantitative estimate of drug-likeness (QED) is 0.651. The number of hydrogen-bond donors (Lipinski definition) is 1. The zero-order chi connectivity index (χ0) is 21.1. The molecular formula is C22H25N5O2S. The molecule has 1 aliphatic rings. The lowest BCUT2D eigenvalue weighted by Crippen LogP contribution is -2.51. The van der Waals surface area contributed by atoms with Crippen molar-refractivity contribution in [1.29, 1.82) is 0 Å². The lowest BCUT2D eigenvalue weighted by molar-refractivity contribution is 0.208. The normalized spacial score (nSPS) is 14.2. The molecule has 0 bridgehead atoms. The van der Waals surface area contributed by atoms with Crippen LogP contribution in [0.25, 0.3) is 11.0 Å². The lowest BCUT2D eigenvalue weighted by atomic mass is 10.2. The second kappa shape index (κ2) is 8.79. The molecule has 0 aliphatic carbocycles. The first kappa shape index (κ1) is 20.3. The Morgan fingerprint density at radius 3 is 2.60 bits per heavy atom. The van der Waals surface area contributed by atoms with Crippen LogP contribution >= 0.6 is 11.8 Å². The number of urea groups is 1. The Morgan fingerprint density at radius 1 is 1.10 bits per heavy atom. The largest absolute Gasteiger partial charge is 0.348 e. The summed E-state index contributed by atoms with van der Waals surface area (Å²) in [6, 6.07) is 15.4. The van der Waals surface area contributed by atoms with Crippen LogP contribution in [0.2, 0.25) is 0 Å². The first-order valence-electron chi connectivity index (χ1n) is 10.0. The van der Waals surface area contributed by atoms with Crippen LogP contribution in [-0.4, -0.2) is 52.9 Å². The summed E-state index contributed by atoms with van der Waals surface area (Å²) in [5.74, 6) is 0.461. The van der Waals surface area contributed by atoms with Gasteiger partial charge in [-0.25, -0.2) is 9.78 Å². The number of piperazine rings is 1. The third-order valence-electron chi connectivity index (χ3n) is 5.34. The van der Waals surface area contributed by atoms with Gasteiger partial charge >= 0.3 is 6.03 Å². The van der Waals surface area contributed by atoms with Crippen molar-refractivity contribution in [2.45, 2.75) is 18.4 Å². The maximum absolute atomic E-state index is 13.0. The number of carbonyl (C=O) groups excluding carboxylic acids is 1. The average molecular weight is 424 g/mol. The summed E-state index contributed by atoms with van der Waals surface area (Å²) >= 11 is 1.64. The van der Waals surface area contributed by atoms with Gasteiger partial charge in [0.2, 0.25) is 0 Å². The number of para-hydroxylation sites is 2. The Kier molecular flexibility index (Phi) is 5.94. The van der Waals surface area contributed by atoms with Gasteiger partial charge < -0.3 is 19.7 Å². The van der Waals surface area contributed by atoms with Crippen LogP contribution in [0.15, 0.2) is 58.2 Å². The molecule has 0 radical (unpaired) electrons. The highest BCUT2D eigenvalue weighted by Gasteiger charge is 2.24. The number of rotatable bonds is 4. The van der Waals surface area contributed by atoms with Gasteiger partial charge in [-0.3, -0.25) is 4.79 Å². The molecule has 30 heavy (non-hydrogen) atoms. The molecule has 1 fully saturated rings. The Bertz CT molecular complexity index is 1120. The maximum Gasteiger partial charge on any atom is 0.321 e. The maximum atomic E-state index is 13.0. The highest BCUT2D eigenvalue weighted by atomic mass is 32.2. The van der Waals surface area contributed by atoms with Crippen LogP contribution in [0.1, 0.15) is 6.92 Å². The van der Waals surface area contributed by atoms with E-state index in [9.17, 15) is 9.59 Å². The first-order valence-corrected chi connectivity index (χ1v) is 11.3. The van der Waals surface area contributed by atoms with Gasteiger partial charge in [-0.1, -0.05) is 18.2 Å². The average Bonchev–Trinajstić information content (AvgIpc) is 2.79. The minimum absolute atomic E-state index is 0.0806. The highest BCUT2D eigenvalue weighted by Crippen LogP contribution is 2.20. The van der Waals surface area contributed by atoms with Crippen molar-refractivity contribution in [2.24, 2.45) is 0 Å². The second-order valence-corrected chi connectivity index (χ2v) is 7.99. The Balaban J connectivity index is 1.47. The molecule has 0 saturated carbocycles. The van der Waals surface area contributed by atoms with Gasteiger partial charge in [0.05, 0.1) is 11.0 Å². The number of aromatic nitrogens is 2. The summed E-state index contributed by atoms with van der Waals surface area (Å²) in [5.41, 5.74) is 2.36. The number of nitrogens with zero attached hydrogens (tertiary/aromatic N) is 4. The molecule has 3 aromatic rings. The topological polar surface area (TPSA) is 70.5 Å². The molecule has 1 N–H and O–H groups in total. The summed E-state index contributed by atoms with van der Waals surface area (Å²) < 4.78 is 1.76. The van der Waals surface area contributed by atoms with Gasteiger partial charge in [-0.2, -0.15) is 0 Å².